The average molecular weight is 469 g/mol. The third kappa shape index (κ3) is 3.10. The van der Waals surface area contributed by atoms with E-state index in [0.717, 1.165) is 25.0 Å². The van der Waals surface area contributed by atoms with Crippen LogP contribution in [0.3, 0.4) is 0 Å². The van der Waals surface area contributed by atoms with Gasteiger partial charge in [-0.15, -0.1) is 0 Å². The molecule has 0 aromatic heterocycles. The Morgan fingerprint density at radius 1 is 0.882 bits per heavy atom. The van der Waals surface area contributed by atoms with Gasteiger partial charge in [0, 0.05) is 13.5 Å². The molecule has 0 aliphatic heterocycles. The van der Waals surface area contributed by atoms with Crippen LogP contribution in [0.5, 0.6) is 0 Å². The van der Waals surface area contributed by atoms with Crippen molar-refractivity contribution in [3.05, 3.63) is 11.6 Å². The number of methoxy groups -OCH3 is 1. The standard InChI is InChI=1S/C31H48O3/c1-27(2)22-12-15-28(3)18-20-8-10-24-29(4,16-13-25(33)31(24,6)19-32)21(20)9-11-23(28)30(22,5)17-14-26(27)34-7/h8,19,21-24,26H,9-18H2,1-7H3. The van der Waals surface area contributed by atoms with Crippen molar-refractivity contribution >= 4 is 12.1 Å². The Kier molecular flexibility index (Phi) is 5.65. The fraction of sp³-hybridized carbons (Fsp3) is 0.871. The minimum absolute atomic E-state index is 0.0603. The van der Waals surface area contributed by atoms with Crippen molar-refractivity contribution in [1.29, 1.82) is 0 Å². The van der Waals surface area contributed by atoms with Crippen molar-refractivity contribution in [3.63, 3.8) is 0 Å². The molecule has 5 aliphatic carbocycles. The smallest absolute Gasteiger partial charge is 0.146 e. The third-order valence-corrected chi connectivity index (χ3v) is 12.9. The quantitative estimate of drug-likeness (QED) is 0.245. The third-order valence-electron chi connectivity index (χ3n) is 12.9. The number of Topliss-reactive ketones (excluding diaryl/α,β-unsaturated/α-hetero) is 1. The van der Waals surface area contributed by atoms with Gasteiger partial charge in [0.05, 0.1) is 11.5 Å². The van der Waals surface area contributed by atoms with E-state index in [1.807, 2.05) is 14.0 Å². The number of ketones is 1. The summed E-state index contributed by atoms with van der Waals surface area (Å²) in [6.45, 7) is 14.5. The SMILES string of the molecule is COC1CCC2(C)C3CCC4C(=CCC5C(C)(C=O)C(=O)CCC45C)CC3(C)CCC2C1(C)C. The molecular formula is C31H48O3. The first-order valence-corrected chi connectivity index (χ1v) is 14.1. The molecule has 0 aromatic rings. The fourth-order valence-corrected chi connectivity index (χ4v) is 11.1. The zero-order valence-electron chi connectivity index (χ0n) is 22.8. The zero-order valence-corrected chi connectivity index (χ0v) is 22.8. The Morgan fingerprint density at radius 2 is 1.62 bits per heavy atom. The van der Waals surface area contributed by atoms with Gasteiger partial charge in [-0.25, -0.2) is 0 Å². The molecule has 0 spiro atoms. The molecule has 3 nitrogen and oxygen atoms in total. The number of carbonyl (C=O) groups excluding carboxylic acids is 2. The molecule has 9 unspecified atom stereocenters. The maximum absolute atomic E-state index is 12.9. The molecule has 5 aliphatic rings. The molecule has 4 fully saturated rings. The number of rotatable bonds is 2. The zero-order chi connectivity index (χ0) is 24.7. The summed E-state index contributed by atoms with van der Waals surface area (Å²) in [6.07, 6.45) is 15.1. The van der Waals surface area contributed by atoms with E-state index in [9.17, 15) is 9.59 Å². The van der Waals surface area contributed by atoms with Crippen LogP contribution in [0.4, 0.5) is 0 Å². The molecule has 190 valence electrons. The molecule has 0 N–H and O–H groups in total. The average Bonchev–Trinajstić information content (AvgIpc) is 2.93. The summed E-state index contributed by atoms with van der Waals surface area (Å²) in [7, 11) is 1.91. The van der Waals surface area contributed by atoms with Gasteiger partial charge in [-0.05, 0) is 110 Å². The first-order valence-electron chi connectivity index (χ1n) is 14.1. The predicted octanol–water partition coefficient (Wildman–Crippen LogP) is 7.18. The van der Waals surface area contributed by atoms with E-state index < -0.39 is 5.41 Å². The van der Waals surface area contributed by atoms with E-state index >= 15 is 0 Å². The highest BCUT2D eigenvalue weighted by molar-refractivity contribution is 5.99. The van der Waals surface area contributed by atoms with Crippen molar-refractivity contribution in [1.82, 2.24) is 0 Å². The Hall–Kier alpha value is -0.960. The van der Waals surface area contributed by atoms with E-state index in [0.29, 0.717) is 35.2 Å². The monoisotopic (exact) mass is 468 g/mol. The topological polar surface area (TPSA) is 43.4 Å². The first-order chi connectivity index (χ1) is 15.9. The van der Waals surface area contributed by atoms with Crippen LogP contribution in [0.2, 0.25) is 0 Å². The lowest BCUT2D eigenvalue weighted by Gasteiger charge is -2.64. The summed E-state index contributed by atoms with van der Waals surface area (Å²) >= 11 is 0. The van der Waals surface area contributed by atoms with Gasteiger partial charge in [0.15, 0.2) is 0 Å². The molecular weight excluding hydrogens is 420 g/mol. The van der Waals surface area contributed by atoms with E-state index in [2.05, 4.69) is 40.7 Å². The van der Waals surface area contributed by atoms with Gasteiger partial charge in [0.2, 0.25) is 0 Å². The largest absolute Gasteiger partial charge is 0.381 e. The Balaban J connectivity index is 1.50. The second-order valence-electron chi connectivity index (χ2n) is 14.6. The summed E-state index contributed by atoms with van der Waals surface area (Å²) < 4.78 is 6.01. The molecule has 4 saturated carbocycles. The second kappa shape index (κ2) is 7.77. The van der Waals surface area contributed by atoms with Crippen molar-refractivity contribution in [2.24, 2.45) is 50.7 Å². The summed E-state index contributed by atoms with van der Waals surface area (Å²) in [5, 5.41) is 0. The van der Waals surface area contributed by atoms with Crippen molar-refractivity contribution in [2.75, 3.05) is 7.11 Å². The van der Waals surface area contributed by atoms with Crippen molar-refractivity contribution in [2.45, 2.75) is 112 Å². The summed E-state index contributed by atoms with van der Waals surface area (Å²) in [5.41, 5.74) is 1.85. The number of hydrogen-bond donors (Lipinski definition) is 0. The predicted molar refractivity (Wildman–Crippen MR) is 136 cm³/mol. The second-order valence-corrected chi connectivity index (χ2v) is 14.6. The van der Waals surface area contributed by atoms with Gasteiger partial charge in [0.25, 0.3) is 0 Å². The number of carbonyl (C=O) groups is 2. The molecule has 34 heavy (non-hydrogen) atoms. The maximum atomic E-state index is 12.9. The minimum atomic E-state index is -0.808. The molecule has 0 saturated heterocycles. The highest BCUT2D eigenvalue weighted by Crippen LogP contribution is 2.70. The number of hydrogen-bond acceptors (Lipinski definition) is 3. The fourth-order valence-electron chi connectivity index (χ4n) is 11.1. The highest BCUT2D eigenvalue weighted by Gasteiger charge is 2.63. The molecule has 5 rings (SSSR count). The Labute approximate surface area is 207 Å². The van der Waals surface area contributed by atoms with Crippen LogP contribution in [-0.4, -0.2) is 25.3 Å². The van der Waals surface area contributed by atoms with Gasteiger partial charge in [-0.2, -0.15) is 0 Å². The highest BCUT2D eigenvalue weighted by atomic mass is 16.5. The van der Waals surface area contributed by atoms with Gasteiger partial charge < -0.3 is 9.53 Å². The number of aldehydes is 1. The van der Waals surface area contributed by atoms with Gasteiger partial charge in [-0.1, -0.05) is 46.3 Å². The van der Waals surface area contributed by atoms with Crippen molar-refractivity contribution < 1.29 is 14.3 Å². The van der Waals surface area contributed by atoms with Crippen LogP contribution in [0.25, 0.3) is 0 Å². The van der Waals surface area contributed by atoms with E-state index in [4.69, 9.17) is 4.74 Å². The van der Waals surface area contributed by atoms with Crippen LogP contribution in [0, 0.1) is 50.7 Å². The van der Waals surface area contributed by atoms with Gasteiger partial charge in [0.1, 0.15) is 12.1 Å². The lowest BCUT2D eigenvalue weighted by atomic mass is 9.42. The molecule has 0 bridgehead atoms. The lowest BCUT2D eigenvalue weighted by molar-refractivity contribution is -0.177. The summed E-state index contributed by atoms with van der Waals surface area (Å²) in [4.78, 5) is 25.1. The normalized spacial score (nSPS) is 52.3. The molecule has 0 aromatic carbocycles. The molecule has 0 heterocycles. The van der Waals surface area contributed by atoms with E-state index in [1.165, 1.54) is 44.9 Å². The van der Waals surface area contributed by atoms with Crippen LogP contribution in [-0.2, 0) is 14.3 Å². The van der Waals surface area contributed by atoms with Crippen LogP contribution in [0.1, 0.15) is 106 Å². The van der Waals surface area contributed by atoms with Gasteiger partial charge >= 0.3 is 0 Å². The van der Waals surface area contributed by atoms with Crippen LogP contribution in [0.15, 0.2) is 11.6 Å². The number of allylic oxidation sites excluding steroid dienone is 2. The minimum Gasteiger partial charge on any atom is -0.381 e. The number of fused-ring (bicyclic) bond motifs is 6. The molecule has 0 radical (unpaired) electrons. The lowest BCUT2D eigenvalue weighted by Crippen LogP contribution is -2.58. The van der Waals surface area contributed by atoms with Crippen LogP contribution < -0.4 is 0 Å². The number of ether oxygens (including phenoxy) is 1. The maximum Gasteiger partial charge on any atom is 0.146 e. The van der Waals surface area contributed by atoms with E-state index in [1.54, 1.807) is 5.57 Å². The van der Waals surface area contributed by atoms with Crippen LogP contribution >= 0.6 is 0 Å². The van der Waals surface area contributed by atoms with E-state index in [-0.39, 0.29) is 22.5 Å². The molecule has 9 atom stereocenters. The summed E-state index contributed by atoms with van der Waals surface area (Å²) in [6, 6.07) is 0. The summed E-state index contributed by atoms with van der Waals surface area (Å²) in [5.74, 6) is 2.28. The molecule has 3 heteroatoms. The Morgan fingerprint density at radius 3 is 2.29 bits per heavy atom. The first kappa shape index (κ1) is 24.7. The Bertz CT molecular complexity index is 902. The molecule has 0 amide bonds. The van der Waals surface area contributed by atoms with Gasteiger partial charge in [-0.3, -0.25) is 4.79 Å². The van der Waals surface area contributed by atoms with Crippen molar-refractivity contribution in [3.8, 4) is 0 Å².